The molecule has 0 aliphatic carbocycles. The summed E-state index contributed by atoms with van der Waals surface area (Å²) in [4.78, 5) is 2.08. The summed E-state index contributed by atoms with van der Waals surface area (Å²) in [6.07, 6.45) is 2.57. The fourth-order valence-corrected chi connectivity index (χ4v) is 1.76. The van der Waals surface area contributed by atoms with Crippen molar-refractivity contribution in [1.29, 1.82) is 0 Å². The van der Waals surface area contributed by atoms with E-state index in [1.807, 2.05) is 7.05 Å². The van der Waals surface area contributed by atoms with Gasteiger partial charge in [0.1, 0.15) is 6.67 Å². The highest BCUT2D eigenvalue weighted by Gasteiger charge is 2.14. The van der Waals surface area contributed by atoms with E-state index < -0.39 is 0 Å². The molecular formula is C9H19FN2. The zero-order valence-corrected chi connectivity index (χ0v) is 7.85. The number of piperidine rings is 1. The first-order valence-corrected chi connectivity index (χ1v) is 4.78. The van der Waals surface area contributed by atoms with Crippen LogP contribution >= 0.6 is 0 Å². The first-order chi connectivity index (χ1) is 5.83. The molecule has 1 heterocycles. The van der Waals surface area contributed by atoms with Crippen LogP contribution in [0.1, 0.15) is 12.8 Å². The second-order valence-corrected chi connectivity index (χ2v) is 3.66. The Morgan fingerprint density at radius 3 is 3.00 bits per heavy atom. The van der Waals surface area contributed by atoms with Gasteiger partial charge in [0.15, 0.2) is 0 Å². The van der Waals surface area contributed by atoms with Crippen molar-refractivity contribution < 1.29 is 4.39 Å². The van der Waals surface area contributed by atoms with Crippen molar-refractivity contribution in [3.05, 3.63) is 0 Å². The molecule has 0 amide bonds. The van der Waals surface area contributed by atoms with Crippen LogP contribution in [0.4, 0.5) is 4.39 Å². The highest BCUT2D eigenvalue weighted by atomic mass is 19.1. The fourth-order valence-electron chi connectivity index (χ4n) is 1.76. The van der Waals surface area contributed by atoms with E-state index in [2.05, 4.69) is 10.2 Å². The molecule has 0 aromatic heterocycles. The van der Waals surface area contributed by atoms with E-state index in [0.29, 0.717) is 6.54 Å². The SMILES string of the molecule is CN(CCF)CC1CCCNC1. The molecule has 1 aliphatic rings. The molecule has 12 heavy (non-hydrogen) atoms. The van der Waals surface area contributed by atoms with Crippen LogP contribution < -0.4 is 5.32 Å². The van der Waals surface area contributed by atoms with Gasteiger partial charge in [-0.3, -0.25) is 0 Å². The maximum absolute atomic E-state index is 11.9. The van der Waals surface area contributed by atoms with Crippen molar-refractivity contribution in [3.63, 3.8) is 0 Å². The van der Waals surface area contributed by atoms with Crippen molar-refractivity contribution in [2.75, 3.05) is 39.9 Å². The Morgan fingerprint density at radius 2 is 2.42 bits per heavy atom. The maximum atomic E-state index is 11.9. The summed E-state index contributed by atoms with van der Waals surface area (Å²) in [6.45, 7) is 3.66. The smallest absolute Gasteiger partial charge is 0.102 e. The van der Waals surface area contributed by atoms with Crippen LogP contribution in [0.5, 0.6) is 0 Å². The van der Waals surface area contributed by atoms with Gasteiger partial charge in [-0.2, -0.15) is 0 Å². The summed E-state index contributed by atoms with van der Waals surface area (Å²) in [5.41, 5.74) is 0. The normalized spacial score (nSPS) is 24.8. The standard InChI is InChI=1S/C9H19FN2/c1-12(6-4-10)8-9-3-2-5-11-7-9/h9,11H,2-8H2,1H3. The first kappa shape index (κ1) is 9.93. The van der Waals surface area contributed by atoms with Crippen molar-refractivity contribution in [3.8, 4) is 0 Å². The van der Waals surface area contributed by atoms with E-state index >= 15 is 0 Å². The molecule has 0 radical (unpaired) electrons. The highest BCUT2D eigenvalue weighted by molar-refractivity contribution is 4.71. The van der Waals surface area contributed by atoms with Crippen LogP contribution in [0.15, 0.2) is 0 Å². The molecule has 1 N–H and O–H groups in total. The molecule has 1 saturated heterocycles. The van der Waals surface area contributed by atoms with E-state index in [1.54, 1.807) is 0 Å². The van der Waals surface area contributed by atoms with Gasteiger partial charge in [0.2, 0.25) is 0 Å². The number of halogens is 1. The predicted octanol–water partition coefficient (Wildman–Crippen LogP) is 0.887. The molecule has 2 nitrogen and oxygen atoms in total. The molecule has 0 bridgehead atoms. The lowest BCUT2D eigenvalue weighted by molar-refractivity contribution is 0.228. The van der Waals surface area contributed by atoms with Crippen molar-refractivity contribution in [1.82, 2.24) is 10.2 Å². The predicted molar refractivity (Wildman–Crippen MR) is 49.1 cm³/mol. The topological polar surface area (TPSA) is 15.3 Å². The largest absolute Gasteiger partial charge is 0.316 e. The van der Waals surface area contributed by atoms with Gasteiger partial charge >= 0.3 is 0 Å². The molecule has 1 unspecified atom stereocenters. The van der Waals surface area contributed by atoms with Crippen LogP contribution in [0.3, 0.4) is 0 Å². The lowest BCUT2D eigenvalue weighted by Crippen LogP contribution is -2.37. The van der Waals surface area contributed by atoms with Gasteiger partial charge in [-0.1, -0.05) is 0 Å². The number of nitrogens with one attached hydrogen (secondary N) is 1. The van der Waals surface area contributed by atoms with Gasteiger partial charge in [0, 0.05) is 13.1 Å². The number of hydrogen-bond donors (Lipinski definition) is 1. The Bertz CT molecular complexity index is 113. The number of nitrogens with zero attached hydrogens (tertiary/aromatic N) is 1. The van der Waals surface area contributed by atoms with Gasteiger partial charge in [-0.05, 0) is 38.9 Å². The summed E-state index contributed by atoms with van der Waals surface area (Å²) in [5, 5.41) is 3.36. The third kappa shape index (κ3) is 3.50. The molecule has 0 saturated carbocycles. The molecule has 1 fully saturated rings. The van der Waals surface area contributed by atoms with Gasteiger partial charge in [0.25, 0.3) is 0 Å². The quantitative estimate of drug-likeness (QED) is 0.681. The highest BCUT2D eigenvalue weighted by Crippen LogP contribution is 2.10. The van der Waals surface area contributed by atoms with E-state index in [4.69, 9.17) is 0 Å². The molecule has 0 aromatic carbocycles. The van der Waals surface area contributed by atoms with E-state index in [1.165, 1.54) is 12.8 Å². The van der Waals surface area contributed by atoms with E-state index in [0.717, 1.165) is 25.6 Å². The van der Waals surface area contributed by atoms with Crippen LogP contribution in [0.2, 0.25) is 0 Å². The molecule has 0 spiro atoms. The maximum Gasteiger partial charge on any atom is 0.102 e. The first-order valence-electron chi connectivity index (χ1n) is 4.78. The van der Waals surface area contributed by atoms with Gasteiger partial charge in [-0.25, -0.2) is 4.39 Å². The monoisotopic (exact) mass is 174 g/mol. The average Bonchev–Trinajstić information content (AvgIpc) is 2.06. The summed E-state index contributed by atoms with van der Waals surface area (Å²) in [5.74, 6) is 0.732. The second kappa shape index (κ2) is 5.49. The summed E-state index contributed by atoms with van der Waals surface area (Å²) in [7, 11) is 1.99. The number of hydrogen-bond acceptors (Lipinski definition) is 2. The van der Waals surface area contributed by atoms with Crippen molar-refractivity contribution >= 4 is 0 Å². The summed E-state index contributed by atoms with van der Waals surface area (Å²) >= 11 is 0. The van der Waals surface area contributed by atoms with Crippen LogP contribution in [-0.4, -0.2) is 44.8 Å². The third-order valence-corrected chi connectivity index (χ3v) is 2.44. The number of alkyl halides is 1. The Labute approximate surface area is 74.1 Å². The molecule has 0 aromatic rings. The van der Waals surface area contributed by atoms with Crippen LogP contribution in [0, 0.1) is 5.92 Å². The van der Waals surface area contributed by atoms with E-state index in [-0.39, 0.29) is 6.67 Å². The lowest BCUT2D eigenvalue weighted by atomic mass is 9.99. The zero-order chi connectivity index (χ0) is 8.81. The molecule has 1 rings (SSSR count). The molecule has 1 atom stereocenters. The third-order valence-electron chi connectivity index (χ3n) is 2.44. The Hall–Kier alpha value is -0.150. The van der Waals surface area contributed by atoms with E-state index in [9.17, 15) is 4.39 Å². The minimum Gasteiger partial charge on any atom is -0.316 e. The number of rotatable bonds is 4. The molecule has 1 aliphatic heterocycles. The summed E-state index contributed by atoms with van der Waals surface area (Å²) < 4.78 is 11.9. The lowest BCUT2D eigenvalue weighted by Gasteiger charge is -2.26. The second-order valence-electron chi connectivity index (χ2n) is 3.66. The fraction of sp³-hybridized carbons (Fsp3) is 1.00. The van der Waals surface area contributed by atoms with Gasteiger partial charge in [-0.15, -0.1) is 0 Å². The molecule has 72 valence electrons. The zero-order valence-electron chi connectivity index (χ0n) is 7.85. The minimum atomic E-state index is -0.226. The van der Waals surface area contributed by atoms with Gasteiger partial charge in [0.05, 0.1) is 0 Å². The van der Waals surface area contributed by atoms with Crippen LogP contribution in [-0.2, 0) is 0 Å². The van der Waals surface area contributed by atoms with Crippen LogP contribution in [0.25, 0.3) is 0 Å². The Morgan fingerprint density at radius 1 is 1.58 bits per heavy atom. The average molecular weight is 174 g/mol. The van der Waals surface area contributed by atoms with Crippen molar-refractivity contribution in [2.45, 2.75) is 12.8 Å². The molecular weight excluding hydrogens is 155 g/mol. The Kier molecular flexibility index (Phi) is 4.54. The van der Waals surface area contributed by atoms with Gasteiger partial charge < -0.3 is 10.2 Å². The van der Waals surface area contributed by atoms with Crippen molar-refractivity contribution in [2.24, 2.45) is 5.92 Å². The Balaban J connectivity index is 2.11. The minimum absolute atomic E-state index is 0.226. The molecule has 3 heteroatoms. The summed E-state index contributed by atoms with van der Waals surface area (Å²) in [6, 6.07) is 0.